The first-order valence-corrected chi connectivity index (χ1v) is 14.2. The highest BCUT2D eigenvalue weighted by Gasteiger charge is 2.32. The van der Waals surface area contributed by atoms with Crippen LogP contribution in [0.4, 0.5) is 5.82 Å². The van der Waals surface area contributed by atoms with Crippen molar-refractivity contribution in [1.29, 1.82) is 0 Å². The van der Waals surface area contributed by atoms with Crippen molar-refractivity contribution in [2.24, 2.45) is 7.05 Å². The van der Waals surface area contributed by atoms with E-state index in [0.29, 0.717) is 11.5 Å². The minimum absolute atomic E-state index is 0.0421. The Labute approximate surface area is 185 Å². The average Bonchev–Trinajstić information content (AvgIpc) is 3.04. The van der Waals surface area contributed by atoms with Crippen LogP contribution in [0.15, 0.2) is 40.9 Å². The molecule has 158 valence electrons. The van der Waals surface area contributed by atoms with E-state index in [2.05, 4.69) is 93.2 Å². The molecular weight excluding hydrogens is 398 g/mol. The molecule has 4 aromatic rings. The van der Waals surface area contributed by atoms with E-state index in [9.17, 15) is 0 Å². The van der Waals surface area contributed by atoms with Gasteiger partial charge in [0.15, 0.2) is 11.8 Å². The first kappa shape index (κ1) is 21.3. The third-order valence-corrected chi connectivity index (χ3v) is 7.98. The lowest BCUT2D eigenvalue weighted by Gasteiger charge is -2.28. The zero-order valence-corrected chi connectivity index (χ0v) is 20.7. The zero-order valence-electron chi connectivity index (χ0n) is 19.7. The van der Waals surface area contributed by atoms with E-state index in [4.69, 9.17) is 11.0 Å². The van der Waals surface area contributed by atoms with Crippen molar-refractivity contribution < 1.29 is 8.98 Å². The summed E-state index contributed by atoms with van der Waals surface area (Å²) in [5.74, 6) is 0.352. The van der Waals surface area contributed by atoms with Gasteiger partial charge in [0.2, 0.25) is 5.69 Å². The van der Waals surface area contributed by atoms with Gasteiger partial charge in [-0.2, -0.15) is 0 Å². The first-order valence-electron chi connectivity index (χ1n) is 10.7. The Bertz CT molecular complexity index is 1380. The minimum atomic E-state index is -1.53. The second kappa shape index (κ2) is 7.03. The number of pyridine rings is 2. The molecule has 0 N–H and O–H groups in total. The predicted octanol–water partition coefficient (Wildman–Crippen LogP) is 6.17. The number of aryl methyl sites for hydroxylation is 2. The summed E-state index contributed by atoms with van der Waals surface area (Å²) in [7, 11) is 0.597. The van der Waals surface area contributed by atoms with Gasteiger partial charge in [-0.1, -0.05) is 70.2 Å². The Morgan fingerprint density at radius 3 is 2.35 bits per heavy atom. The van der Waals surface area contributed by atoms with Crippen LogP contribution in [0.1, 0.15) is 31.9 Å². The average molecular weight is 429 g/mol. The topological polar surface area (TPSA) is 34.3 Å². The maximum absolute atomic E-state index is 7.27. The summed E-state index contributed by atoms with van der Waals surface area (Å²) >= 11 is 0. The lowest BCUT2D eigenvalue weighted by Crippen LogP contribution is -2.49. The number of fused-ring (bicyclic) bond motifs is 3. The smallest absolute Gasteiger partial charge is 0.322 e. The standard InChI is InChI=1S/C26H30N3OSi/c1-16-10-11-17-18-12-13-22(27-5)28-25(18)30-24(17)23(16)20-14-19(26(2,3)4)21(15-29(20)6)31(7,8)9/h10-15H,1-4,6-9H3/q+1. The molecule has 0 fully saturated rings. The van der Waals surface area contributed by atoms with Crippen LogP contribution in [0, 0.1) is 13.5 Å². The Kier molecular flexibility index (Phi) is 4.82. The van der Waals surface area contributed by atoms with E-state index in [1.165, 1.54) is 10.8 Å². The van der Waals surface area contributed by atoms with Crippen molar-refractivity contribution >= 4 is 41.1 Å². The van der Waals surface area contributed by atoms with Crippen LogP contribution < -0.4 is 9.75 Å². The molecular formula is C26H30N3OSi+. The fourth-order valence-corrected chi connectivity index (χ4v) is 6.14. The fourth-order valence-electron chi connectivity index (χ4n) is 4.31. The second-order valence-electron chi connectivity index (χ2n) is 10.5. The highest BCUT2D eigenvalue weighted by Crippen LogP contribution is 2.37. The molecule has 0 aliphatic rings. The predicted molar refractivity (Wildman–Crippen MR) is 131 cm³/mol. The molecule has 5 heteroatoms. The summed E-state index contributed by atoms with van der Waals surface area (Å²) in [6.07, 6.45) is 2.33. The van der Waals surface area contributed by atoms with Gasteiger partial charge in [-0.3, -0.25) is 0 Å². The number of benzene rings is 1. The van der Waals surface area contributed by atoms with Crippen molar-refractivity contribution in [3.63, 3.8) is 0 Å². The Balaban J connectivity index is 2.09. The Hall–Kier alpha value is -2.97. The summed E-state index contributed by atoms with van der Waals surface area (Å²) in [4.78, 5) is 7.85. The number of furan rings is 1. The Morgan fingerprint density at radius 2 is 1.74 bits per heavy atom. The maximum Gasteiger partial charge on any atom is 0.322 e. The van der Waals surface area contributed by atoms with Crippen LogP contribution in [0.2, 0.25) is 19.6 Å². The van der Waals surface area contributed by atoms with E-state index in [1.807, 2.05) is 6.07 Å². The number of nitrogens with zero attached hydrogens (tertiary/aromatic N) is 3. The van der Waals surface area contributed by atoms with Gasteiger partial charge in [0.05, 0.1) is 19.0 Å². The molecule has 1 aromatic carbocycles. The third-order valence-electron chi connectivity index (χ3n) is 5.96. The van der Waals surface area contributed by atoms with E-state index in [1.54, 1.807) is 6.07 Å². The van der Waals surface area contributed by atoms with E-state index in [0.717, 1.165) is 33.2 Å². The molecule has 0 saturated heterocycles. The number of hydrogen-bond donors (Lipinski definition) is 0. The summed E-state index contributed by atoms with van der Waals surface area (Å²) in [6.45, 7) is 23.5. The molecule has 0 atom stereocenters. The molecule has 0 aliphatic heterocycles. The summed E-state index contributed by atoms with van der Waals surface area (Å²) < 4.78 is 8.53. The molecule has 31 heavy (non-hydrogen) atoms. The molecule has 3 heterocycles. The van der Waals surface area contributed by atoms with Crippen LogP contribution in [-0.2, 0) is 12.5 Å². The molecule has 4 rings (SSSR count). The monoisotopic (exact) mass is 428 g/mol. The molecule has 0 bridgehead atoms. The molecule has 0 radical (unpaired) electrons. The normalized spacial score (nSPS) is 12.5. The van der Waals surface area contributed by atoms with Crippen molar-refractivity contribution in [2.75, 3.05) is 0 Å². The first-order chi connectivity index (χ1) is 14.4. The summed E-state index contributed by atoms with van der Waals surface area (Å²) in [5, 5.41) is 3.47. The SMILES string of the molecule is [C-]#[N+]c1ccc2c(n1)oc1c(-c3cc(C(C)(C)C)c([Si](C)(C)C)c[n+]3C)c(C)ccc12. The van der Waals surface area contributed by atoms with Gasteiger partial charge in [0, 0.05) is 16.6 Å². The van der Waals surface area contributed by atoms with Crippen LogP contribution in [-0.4, -0.2) is 13.1 Å². The van der Waals surface area contributed by atoms with Gasteiger partial charge in [-0.05, 0) is 29.5 Å². The largest absolute Gasteiger partial charge is 0.419 e. The van der Waals surface area contributed by atoms with Crippen molar-refractivity contribution in [1.82, 2.24) is 4.98 Å². The zero-order chi connectivity index (χ0) is 22.7. The molecule has 4 nitrogen and oxygen atoms in total. The summed E-state index contributed by atoms with van der Waals surface area (Å²) in [5.41, 5.74) is 6.19. The lowest BCUT2D eigenvalue weighted by molar-refractivity contribution is -0.659. The number of hydrogen-bond acceptors (Lipinski definition) is 2. The van der Waals surface area contributed by atoms with Gasteiger partial charge >= 0.3 is 5.71 Å². The highest BCUT2D eigenvalue weighted by molar-refractivity contribution is 6.89. The van der Waals surface area contributed by atoms with Gasteiger partial charge in [-0.25, -0.2) is 4.57 Å². The Morgan fingerprint density at radius 1 is 1.06 bits per heavy atom. The second-order valence-corrected chi connectivity index (χ2v) is 15.5. The van der Waals surface area contributed by atoms with Crippen LogP contribution in [0.25, 0.3) is 38.2 Å². The van der Waals surface area contributed by atoms with Crippen LogP contribution in [0.5, 0.6) is 0 Å². The molecule has 0 amide bonds. The number of rotatable bonds is 2. The van der Waals surface area contributed by atoms with Crippen molar-refractivity contribution in [2.45, 2.75) is 52.8 Å². The molecule has 3 aromatic heterocycles. The fraction of sp³-hybridized carbons (Fsp3) is 0.346. The molecule has 0 aliphatic carbocycles. The van der Waals surface area contributed by atoms with Gasteiger partial charge in [-0.15, -0.1) is 0 Å². The van der Waals surface area contributed by atoms with Gasteiger partial charge in [0.1, 0.15) is 7.05 Å². The third kappa shape index (κ3) is 3.55. The lowest BCUT2D eigenvalue weighted by atomic mass is 9.86. The van der Waals surface area contributed by atoms with Crippen LogP contribution in [0.3, 0.4) is 0 Å². The van der Waals surface area contributed by atoms with Crippen molar-refractivity contribution in [3.05, 3.63) is 59.1 Å². The molecule has 0 spiro atoms. The van der Waals surface area contributed by atoms with Gasteiger partial charge < -0.3 is 9.26 Å². The number of aromatic nitrogens is 2. The van der Waals surface area contributed by atoms with Crippen LogP contribution >= 0.6 is 0 Å². The molecule has 0 saturated carbocycles. The maximum atomic E-state index is 7.27. The van der Waals surface area contributed by atoms with E-state index in [-0.39, 0.29) is 5.41 Å². The minimum Gasteiger partial charge on any atom is -0.419 e. The highest BCUT2D eigenvalue weighted by atomic mass is 28.3. The van der Waals surface area contributed by atoms with E-state index < -0.39 is 8.07 Å². The van der Waals surface area contributed by atoms with Crippen molar-refractivity contribution in [3.8, 4) is 11.3 Å². The summed E-state index contributed by atoms with van der Waals surface area (Å²) in [6, 6.07) is 10.3. The van der Waals surface area contributed by atoms with Gasteiger partial charge in [0.25, 0.3) is 5.82 Å². The molecule has 0 unspecified atom stereocenters. The quantitative estimate of drug-likeness (QED) is 0.217. The van der Waals surface area contributed by atoms with E-state index >= 15 is 0 Å².